The summed E-state index contributed by atoms with van der Waals surface area (Å²) >= 11 is 0. The van der Waals surface area contributed by atoms with Gasteiger partial charge in [0.1, 0.15) is 11.6 Å². The number of rotatable bonds is 4. The lowest BCUT2D eigenvalue weighted by Gasteiger charge is -2.15. The molecule has 2 amide bonds. The Morgan fingerprint density at radius 3 is 2.39 bits per heavy atom. The predicted octanol–water partition coefficient (Wildman–Crippen LogP) is 3.98. The number of aryl methyl sites for hydroxylation is 1. The molecule has 0 bridgehead atoms. The Morgan fingerprint density at radius 2 is 1.78 bits per heavy atom. The van der Waals surface area contributed by atoms with Crippen LogP contribution in [0.3, 0.4) is 0 Å². The summed E-state index contributed by atoms with van der Waals surface area (Å²) in [6.45, 7) is 1.89. The van der Waals surface area contributed by atoms with E-state index in [9.17, 15) is 13.6 Å². The van der Waals surface area contributed by atoms with Crippen LogP contribution in [0.4, 0.5) is 25.0 Å². The van der Waals surface area contributed by atoms with Gasteiger partial charge in [-0.25, -0.2) is 13.6 Å². The van der Waals surface area contributed by atoms with Crippen LogP contribution in [0.2, 0.25) is 0 Å². The largest absolute Gasteiger partial charge is 0.380 e. The number of halogens is 2. The van der Waals surface area contributed by atoms with E-state index in [1.807, 2.05) is 13.0 Å². The summed E-state index contributed by atoms with van der Waals surface area (Å²) in [6.07, 6.45) is 0. The molecular formula is C17H19F2N3O. The zero-order valence-corrected chi connectivity index (χ0v) is 13.3. The Bertz CT molecular complexity index is 697. The van der Waals surface area contributed by atoms with Crippen molar-refractivity contribution >= 4 is 17.4 Å². The maximum Gasteiger partial charge on any atom is 0.321 e. The molecule has 2 rings (SSSR count). The van der Waals surface area contributed by atoms with Crippen molar-refractivity contribution in [3.05, 3.63) is 59.2 Å². The Labute approximate surface area is 134 Å². The lowest BCUT2D eigenvalue weighted by Crippen LogP contribution is -2.27. The van der Waals surface area contributed by atoms with E-state index in [4.69, 9.17) is 0 Å². The molecule has 0 spiro atoms. The molecule has 0 saturated heterocycles. The Kier molecular flexibility index (Phi) is 5.16. The SMILES string of the molecule is Cc1ccc(NC(=O)N(C)C)cc1NCc1c(F)cccc1F. The summed E-state index contributed by atoms with van der Waals surface area (Å²) in [5.74, 6) is -1.18. The Morgan fingerprint density at radius 1 is 1.13 bits per heavy atom. The lowest BCUT2D eigenvalue weighted by atomic mass is 10.1. The molecule has 6 heteroatoms. The Balaban J connectivity index is 2.15. The normalized spacial score (nSPS) is 10.3. The molecule has 0 aromatic heterocycles. The third kappa shape index (κ3) is 4.18. The topological polar surface area (TPSA) is 44.4 Å². The predicted molar refractivity (Wildman–Crippen MR) is 87.6 cm³/mol. The van der Waals surface area contributed by atoms with Crippen molar-refractivity contribution in [2.24, 2.45) is 0 Å². The van der Waals surface area contributed by atoms with Gasteiger partial charge in [0.25, 0.3) is 0 Å². The first-order valence-electron chi connectivity index (χ1n) is 7.14. The minimum atomic E-state index is -0.591. The average molecular weight is 319 g/mol. The summed E-state index contributed by atoms with van der Waals surface area (Å²) in [7, 11) is 3.29. The molecule has 2 N–H and O–H groups in total. The number of carbonyl (C=O) groups excluding carboxylic acids is 1. The third-order valence-electron chi connectivity index (χ3n) is 3.41. The van der Waals surface area contributed by atoms with Gasteiger partial charge >= 0.3 is 6.03 Å². The summed E-state index contributed by atoms with van der Waals surface area (Å²) in [4.78, 5) is 13.1. The highest BCUT2D eigenvalue weighted by molar-refractivity contribution is 5.89. The van der Waals surface area contributed by atoms with Gasteiger partial charge in [-0.2, -0.15) is 0 Å². The summed E-state index contributed by atoms with van der Waals surface area (Å²) in [5.41, 5.74) is 2.19. The molecule has 4 nitrogen and oxygen atoms in total. The van der Waals surface area contributed by atoms with E-state index in [0.29, 0.717) is 11.4 Å². The van der Waals surface area contributed by atoms with E-state index in [1.165, 1.54) is 23.1 Å². The fourth-order valence-corrected chi connectivity index (χ4v) is 2.01. The minimum Gasteiger partial charge on any atom is -0.380 e. The van der Waals surface area contributed by atoms with Crippen molar-refractivity contribution in [3.8, 4) is 0 Å². The molecule has 0 aliphatic carbocycles. The van der Waals surface area contributed by atoms with Crippen LogP contribution in [0.15, 0.2) is 36.4 Å². The van der Waals surface area contributed by atoms with Gasteiger partial charge in [0, 0.05) is 37.6 Å². The molecule has 0 radical (unpaired) electrons. The second-order valence-corrected chi connectivity index (χ2v) is 5.41. The maximum absolute atomic E-state index is 13.7. The van der Waals surface area contributed by atoms with E-state index in [2.05, 4.69) is 10.6 Å². The van der Waals surface area contributed by atoms with Crippen molar-refractivity contribution in [3.63, 3.8) is 0 Å². The van der Waals surface area contributed by atoms with E-state index >= 15 is 0 Å². The van der Waals surface area contributed by atoms with Crippen LogP contribution in [0, 0.1) is 18.6 Å². The van der Waals surface area contributed by atoms with Crippen molar-refractivity contribution in [1.29, 1.82) is 0 Å². The fourth-order valence-electron chi connectivity index (χ4n) is 2.01. The van der Waals surface area contributed by atoms with Gasteiger partial charge < -0.3 is 15.5 Å². The average Bonchev–Trinajstić information content (AvgIpc) is 2.49. The van der Waals surface area contributed by atoms with E-state index in [1.54, 1.807) is 26.2 Å². The first-order valence-corrected chi connectivity index (χ1v) is 7.14. The quantitative estimate of drug-likeness (QED) is 0.895. The number of amides is 2. The van der Waals surface area contributed by atoms with Gasteiger partial charge in [-0.1, -0.05) is 12.1 Å². The number of carbonyl (C=O) groups is 1. The van der Waals surface area contributed by atoms with Gasteiger partial charge in [0.05, 0.1) is 0 Å². The monoisotopic (exact) mass is 319 g/mol. The van der Waals surface area contributed by atoms with Crippen LogP contribution in [0.1, 0.15) is 11.1 Å². The van der Waals surface area contributed by atoms with Gasteiger partial charge in [-0.3, -0.25) is 0 Å². The van der Waals surface area contributed by atoms with Crippen LogP contribution in [0.25, 0.3) is 0 Å². The molecule has 0 atom stereocenters. The molecule has 2 aromatic carbocycles. The van der Waals surface area contributed by atoms with Gasteiger partial charge in [-0.05, 0) is 36.8 Å². The van der Waals surface area contributed by atoms with Crippen LogP contribution >= 0.6 is 0 Å². The standard InChI is InChI=1S/C17H19F2N3O/c1-11-7-8-12(21-17(23)22(2)3)9-16(11)20-10-13-14(18)5-4-6-15(13)19/h4-9,20H,10H2,1-3H3,(H,21,23). The molecule has 122 valence electrons. The maximum atomic E-state index is 13.7. The van der Waals surface area contributed by atoms with Crippen molar-refractivity contribution in [2.75, 3.05) is 24.7 Å². The van der Waals surface area contributed by atoms with E-state index < -0.39 is 11.6 Å². The first kappa shape index (κ1) is 16.7. The zero-order chi connectivity index (χ0) is 17.0. The van der Waals surface area contributed by atoms with Gasteiger partial charge in [-0.15, -0.1) is 0 Å². The van der Waals surface area contributed by atoms with E-state index in [-0.39, 0.29) is 18.1 Å². The van der Waals surface area contributed by atoms with Gasteiger partial charge in [0.2, 0.25) is 0 Å². The van der Waals surface area contributed by atoms with Crippen molar-refractivity contribution < 1.29 is 13.6 Å². The van der Waals surface area contributed by atoms with Crippen LogP contribution in [0.5, 0.6) is 0 Å². The van der Waals surface area contributed by atoms with Crippen molar-refractivity contribution in [2.45, 2.75) is 13.5 Å². The van der Waals surface area contributed by atoms with Crippen LogP contribution < -0.4 is 10.6 Å². The minimum absolute atomic E-state index is 0.0183. The summed E-state index contributed by atoms with van der Waals surface area (Å²) in [5, 5.41) is 5.74. The second-order valence-electron chi connectivity index (χ2n) is 5.41. The molecule has 0 unspecified atom stereocenters. The lowest BCUT2D eigenvalue weighted by molar-refractivity contribution is 0.230. The number of hydrogen-bond donors (Lipinski definition) is 2. The van der Waals surface area contributed by atoms with E-state index in [0.717, 1.165) is 5.56 Å². The van der Waals surface area contributed by atoms with Crippen LogP contribution in [-0.2, 0) is 6.54 Å². The van der Waals surface area contributed by atoms with Crippen LogP contribution in [-0.4, -0.2) is 25.0 Å². The molecule has 2 aromatic rings. The highest BCUT2D eigenvalue weighted by Gasteiger charge is 2.10. The number of anilines is 2. The third-order valence-corrected chi connectivity index (χ3v) is 3.41. The van der Waals surface area contributed by atoms with Crippen molar-refractivity contribution in [1.82, 2.24) is 4.90 Å². The molecular weight excluding hydrogens is 300 g/mol. The Hall–Kier alpha value is -2.63. The molecule has 0 saturated carbocycles. The molecule has 0 aliphatic heterocycles. The number of nitrogens with zero attached hydrogens (tertiary/aromatic N) is 1. The highest BCUT2D eigenvalue weighted by atomic mass is 19.1. The molecule has 23 heavy (non-hydrogen) atoms. The highest BCUT2D eigenvalue weighted by Crippen LogP contribution is 2.22. The number of nitrogens with one attached hydrogen (secondary N) is 2. The fraction of sp³-hybridized carbons (Fsp3) is 0.235. The molecule has 0 aliphatic rings. The first-order chi connectivity index (χ1) is 10.9. The smallest absolute Gasteiger partial charge is 0.321 e. The molecule has 0 heterocycles. The number of urea groups is 1. The van der Waals surface area contributed by atoms with Gasteiger partial charge in [0.15, 0.2) is 0 Å². The summed E-state index contributed by atoms with van der Waals surface area (Å²) in [6, 6.07) is 8.85. The number of hydrogen-bond acceptors (Lipinski definition) is 2. The molecule has 0 fully saturated rings. The summed E-state index contributed by atoms with van der Waals surface area (Å²) < 4.78 is 27.3. The second kappa shape index (κ2) is 7.09. The number of benzene rings is 2. The zero-order valence-electron chi connectivity index (χ0n) is 13.3.